The third-order valence-electron chi connectivity index (χ3n) is 2.72. The Bertz CT molecular complexity index is 267. The summed E-state index contributed by atoms with van der Waals surface area (Å²) < 4.78 is 10.8. The van der Waals surface area contributed by atoms with Gasteiger partial charge in [0.25, 0.3) is 0 Å². The summed E-state index contributed by atoms with van der Waals surface area (Å²) >= 11 is 0. The Labute approximate surface area is 77.7 Å². The second kappa shape index (κ2) is 3.14. The van der Waals surface area contributed by atoms with E-state index in [4.69, 9.17) is 9.47 Å². The van der Waals surface area contributed by atoms with Gasteiger partial charge in [-0.05, 0) is 26.2 Å². The van der Waals surface area contributed by atoms with Gasteiger partial charge < -0.3 is 9.47 Å². The highest BCUT2D eigenvalue weighted by molar-refractivity contribution is 5.94. The molecule has 0 radical (unpaired) electrons. The maximum absolute atomic E-state index is 11.3. The van der Waals surface area contributed by atoms with Crippen molar-refractivity contribution in [3.8, 4) is 0 Å². The molecule has 2 aliphatic rings. The highest BCUT2D eigenvalue weighted by atomic mass is 16.7. The largest absolute Gasteiger partial charge is 0.469 e. The van der Waals surface area contributed by atoms with Crippen LogP contribution in [0, 0.1) is 5.92 Å². The van der Waals surface area contributed by atoms with Crippen LogP contribution in [0.2, 0.25) is 0 Å². The molecule has 0 spiro atoms. The van der Waals surface area contributed by atoms with Crippen LogP contribution in [0.15, 0.2) is 11.3 Å². The lowest BCUT2D eigenvalue weighted by atomic mass is 9.86. The molecule has 0 amide bonds. The molecule has 0 aliphatic carbocycles. The number of rotatable bonds is 1. The molecule has 0 aromatic rings. The van der Waals surface area contributed by atoms with Gasteiger partial charge in [0.1, 0.15) is 5.76 Å². The molecule has 2 rings (SSSR count). The van der Waals surface area contributed by atoms with E-state index in [1.54, 1.807) is 6.92 Å². The van der Waals surface area contributed by atoms with E-state index in [1.165, 1.54) is 0 Å². The first kappa shape index (κ1) is 8.75. The maximum Gasteiger partial charge on any atom is 0.199 e. The molecule has 3 heteroatoms. The molecule has 0 aromatic carbocycles. The minimum Gasteiger partial charge on any atom is -0.469 e. The zero-order chi connectivity index (χ0) is 9.42. The fourth-order valence-corrected chi connectivity index (χ4v) is 2.19. The van der Waals surface area contributed by atoms with Crippen LogP contribution in [0.25, 0.3) is 0 Å². The smallest absolute Gasteiger partial charge is 0.199 e. The predicted octanol–water partition coefficient (Wildman–Crippen LogP) is 1.63. The molecule has 2 bridgehead atoms. The number of carbonyl (C=O) groups is 1. The number of hydrogen-bond acceptors (Lipinski definition) is 3. The summed E-state index contributed by atoms with van der Waals surface area (Å²) in [6.45, 7) is 4.17. The first-order chi connectivity index (χ1) is 6.18. The molecule has 1 fully saturated rings. The first-order valence-electron chi connectivity index (χ1n) is 4.68. The Kier molecular flexibility index (Phi) is 2.12. The van der Waals surface area contributed by atoms with Crippen molar-refractivity contribution in [1.82, 2.24) is 0 Å². The van der Waals surface area contributed by atoms with Gasteiger partial charge in [0.2, 0.25) is 0 Å². The zero-order valence-electron chi connectivity index (χ0n) is 8.00. The summed E-state index contributed by atoms with van der Waals surface area (Å²) in [4.78, 5) is 11.3. The summed E-state index contributed by atoms with van der Waals surface area (Å²) in [5.74, 6) is 1.27. The van der Waals surface area contributed by atoms with E-state index in [0.29, 0.717) is 12.5 Å². The molecule has 2 unspecified atom stereocenters. The van der Waals surface area contributed by atoms with E-state index < -0.39 is 0 Å². The maximum atomic E-state index is 11.3. The molecule has 13 heavy (non-hydrogen) atoms. The van der Waals surface area contributed by atoms with Gasteiger partial charge in [0, 0.05) is 12.0 Å². The van der Waals surface area contributed by atoms with Crippen LogP contribution in [-0.4, -0.2) is 18.7 Å². The molecule has 2 aliphatic heterocycles. The topological polar surface area (TPSA) is 35.5 Å². The number of ether oxygens (including phenoxy) is 2. The summed E-state index contributed by atoms with van der Waals surface area (Å²) in [5.41, 5.74) is 0.875. The van der Waals surface area contributed by atoms with Crippen molar-refractivity contribution in [1.29, 1.82) is 0 Å². The number of Topliss-reactive ketones (excluding diaryl/α,β-unsaturated/α-hetero) is 1. The lowest BCUT2D eigenvalue weighted by Crippen LogP contribution is -2.35. The molecular weight excluding hydrogens is 168 g/mol. The van der Waals surface area contributed by atoms with E-state index in [2.05, 4.69) is 0 Å². The van der Waals surface area contributed by atoms with Crippen molar-refractivity contribution in [3.05, 3.63) is 11.3 Å². The van der Waals surface area contributed by atoms with Gasteiger partial charge in [-0.2, -0.15) is 0 Å². The van der Waals surface area contributed by atoms with Gasteiger partial charge in [-0.3, -0.25) is 4.79 Å². The van der Waals surface area contributed by atoms with Gasteiger partial charge in [0.15, 0.2) is 12.1 Å². The molecule has 2 atom stereocenters. The van der Waals surface area contributed by atoms with Crippen LogP contribution in [0.4, 0.5) is 0 Å². The predicted molar refractivity (Wildman–Crippen MR) is 46.9 cm³/mol. The molecule has 3 nitrogen and oxygen atoms in total. The van der Waals surface area contributed by atoms with E-state index >= 15 is 0 Å². The van der Waals surface area contributed by atoms with Crippen molar-refractivity contribution >= 4 is 5.78 Å². The van der Waals surface area contributed by atoms with Gasteiger partial charge in [-0.1, -0.05) is 0 Å². The minimum absolute atomic E-state index is 0.109. The van der Waals surface area contributed by atoms with Gasteiger partial charge in [0.05, 0.1) is 6.61 Å². The number of ketones is 1. The molecule has 0 N–H and O–H groups in total. The molecule has 1 saturated heterocycles. The van der Waals surface area contributed by atoms with Gasteiger partial charge >= 0.3 is 0 Å². The van der Waals surface area contributed by atoms with Crippen LogP contribution in [0.3, 0.4) is 0 Å². The summed E-state index contributed by atoms with van der Waals surface area (Å²) in [5, 5.41) is 0. The van der Waals surface area contributed by atoms with E-state index in [-0.39, 0.29) is 12.1 Å². The van der Waals surface area contributed by atoms with Crippen molar-refractivity contribution < 1.29 is 14.3 Å². The Morgan fingerprint density at radius 1 is 1.54 bits per heavy atom. The Morgan fingerprint density at radius 2 is 2.31 bits per heavy atom. The van der Waals surface area contributed by atoms with E-state index in [1.807, 2.05) is 6.92 Å². The quantitative estimate of drug-likeness (QED) is 0.618. The minimum atomic E-state index is -0.109. The van der Waals surface area contributed by atoms with Crippen LogP contribution >= 0.6 is 0 Å². The lowest BCUT2D eigenvalue weighted by Gasteiger charge is -2.36. The van der Waals surface area contributed by atoms with Gasteiger partial charge in [-0.25, -0.2) is 0 Å². The number of fused-ring (bicyclic) bond motifs is 2. The third kappa shape index (κ3) is 1.48. The molecule has 0 aromatic heterocycles. The monoisotopic (exact) mass is 182 g/mol. The zero-order valence-corrected chi connectivity index (χ0v) is 8.00. The average Bonchev–Trinajstić information content (AvgIpc) is 2.02. The highest BCUT2D eigenvalue weighted by Gasteiger charge is 2.34. The second-order valence-electron chi connectivity index (χ2n) is 3.67. The number of carbonyl (C=O) groups excluding carboxylic acids is 1. The van der Waals surface area contributed by atoms with E-state index in [9.17, 15) is 4.79 Å². The molecule has 72 valence electrons. The molecule has 0 saturated carbocycles. The van der Waals surface area contributed by atoms with Crippen molar-refractivity contribution in [2.45, 2.75) is 33.0 Å². The summed E-state index contributed by atoms with van der Waals surface area (Å²) in [7, 11) is 0. The fourth-order valence-electron chi connectivity index (χ4n) is 2.19. The normalized spacial score (nSPS) is 32.8. The average molecular weight is 182 g/mol. The van der Waals surface area contributed by atoms with Crippen LogP contribution in [-0.2, 0) is 14.3 Å². The molecular formula is C10H14O3. The summed E-state index contributed by atoms with van der Waals surface area (Å²) in [6.07, 6.45) is 1.68. The van der Waals surface area contributed by atoms with Crippen molar-refractivity contribution in [2.75, 3.05) is 6.61 Å². The lowest BCUT2D eigenvalue weighted by molar-refractivity contribution is -0.162. The summed E-state index contributed by atoms with van der Waals surface area (Å²) in [6, 6.07) is 0. The Hall–Kier alpha value is -0.830. The van der Waals surface area contributed by atoms with Crippen LogP contribution in [0.1, 0.15) is 26.7 Å². The second-order valence-corrected chi connectivity index (χ2v) is 3.67. The van der Waals surface area contributed by atoms with Crippen molar-refractivity contribution in [3.63, 3.8) is 0 Å². The Morgan fingerprint density at radius 3 is 3.00 bits per heavy atom. The fraction of sp³-hybridized carbons (Fsp3) is 0.700. The van der Waals surface area contributed by atoms with Crippen LogP contribution in [0.5, 0.6) is 0 Å². The molecule has 2 heterocycles. The number of allylic oxidation sites excluding steroid dienone is 2. The third-order valence-corrected chi connectivity index (χ3v) is 2.72. The van der Waals surface area contributed by atoms with Crippen LogP contribution < -0.4 is 0 Å². The number of hydrogen-bond donors (Lipinski definition) is 0. The van der Waals surface area contributed by atoms with Gasteiger partial charge in [-0.15, -0.1) is 0 Å². The standard InChI is InChI=1S/C10H14O3/c1-6(11)10-7(2)13-9-5-8(10)3-4-12-9/h8-9H,3-5H2,1-2H3. The first-order valence-corrected chi connectivity index (χ1v) is 4.68. The SMILES string of the molecule is CC(=O)C1=C(C)OC2CC1CCO2. The van der Waals surface area contributed by atoms with Crippen molar-refractivity contribution in [2.24, 2.45) is 5.92 Å². The highest BCUT2D eigenvalue weighted by Crippen LogP contribution is 2.35. The Balaban J connectivity index is 2.30. The van der Waals surface area contributed by atoms with E-state index in [0.717, 1.165) is 24.2 Å².